The number of nitrogens with zero attached hydrogens (tertiary/aromatic N) is 2. The average molecular weight is 312 g/mol. The van der Waals surface area contributed by atoms with Crippen LogP contribution in [0.3, 0.4) is 0 Å². The van der Waals surface area contributed by atoms with Gasteiger partial charge >= 0.3 is 0 Å². The zero-order chi connectivity index (χ0) is 15.6. The molecule has 1 saturated heterocycles. The van der Waals surface area contributed by atoms with E-state index in [2.05, 4.69) is 28.8 Å². The van der Waals surface area contributed by atoms with Gasteiger partial charge in [-0.3, -0.25) is 0 Å². The molecule has 122 valence electrons. The smallest absolute Gasteiger partial charge is 0.0957 e. The minimum Gasteiger partial charge on any atom is -0.391 e. The van der Waals surface area contributed by atoms with Gasteiger partial charge in [-0.2, -0.15) is 0 Å². The summed E-state index contributed by atoms with van der Waals surface area (Å²) in [6.45, 7) is 2.26. The first-order chi connectivity index (χ1) is 11.3. The summed E-state index contributed by atoms with van der Waals surface area (Å²) in [5.41, 5.74) is 3.42. The van der Waals surface area contributed by atoms with Crippen LogP contribution in [0.1, 0.15) is 37.3 Å². The topological polar surface area (TPSA) is 47.3 Å². The third kappa shape index (κ3) is 3.19. The molecule has 4 nitrogen and oxygen atoms in total. The van der Waals surface area contributed by atoms with Crippen molar-refractivity contribution < 1.29 is 9.84 Å². The Morgan fingerprint density at radius 3 is 2.74 bits per heavy atom. The molecule has 23 heavy (non-hydrogen) atoms. The molecule has 1 aromatic carbocycles. The van der Waals surface area contributed by atoms with Crippen LogP contribution in [-0.2, 0) is 11.3 Å². The maximum atomic E-state index is 10.4. The van der Waals surface area contributed by atoms with E-state index in [9.17, 15) is 5.11 Å². The van der Waals surface area contributed by atoms with Crippen LogP contribution in [0.5, 0.6) is 0 Å². The fraction of sp³-hybridized carbons (Fsp3) is 0.526. The number of rotatable bonds is 5. The van der Waals surface area contributed by atoms with Gasteiger partial charge in [-0.25, -0.2) is 4.98 Å². The van der Waals surface area contributed by atoms with Crippen LogP contribution in [0.25, 0.3) is 11.3 Å². The van der Waals surface area contributed by atoms with Gasteiger partial charge < -0.3 is 14.4 Å². The largest absolute Gasteiger partial charge is 0.391 e. The van der Waals surface area contributed by atoms with Crippen molar-refractivity contribution in [3.8, 4) is 11.3 Å². The fourth-order valence-corrected chi connectivity index (χ4v) is 3.57. The summed E-state index contributed by atoms with van der Waals surface area (Å²) in [4.78, 5) is 4.69. The van der Waals surface area contributed by atoms with Gasteiger partial charge in [-0.1, -0.05) is 30.3 Å². The normalized spacial score (nSPS) is 22.9. The van der Waals surface area contributed by atoms with E-state index in [1.807, 2.05) is 12.4 Å². The second-order valence-corrected chi connectivity index (χ2v) is 6.82. The SMILES string of the molecule is OC(Cn1cnc(-c2ccccc2)c1C1CCCOC1)C1CC1. The van der Waals surface area contributed by atoms with Gasteiger partial charge in [-0.05, 0) is 31.6 Å². The van der Waals surface area contributed by atoms with Crippen molar-refractivity contribution in [1.82, 2.24) is 9.55 Å². The number of benzene rings is 1. The number of aromatic nitrogens is 2. The van der Waals surface area contributed by atoms with Crippen molar-refractivity contribution in [2.45, 2.75) is 44.2 Å². The molecule has 1 aliphatic heterocycles. The van der Waals surface area contributed by atoms with Crippen molar-refractivity contribution in [1.29, 1.82) is 0 Å². The van der Waals surface area contributed by atoms with E-state index in [1.165, 1.54) is 5.69 Å². The van der Waals surface area contributed by atoms with Crippen LogP contribution < -0.4 is 0 Å². The van der Waals surface area contributed by atoms with Gasteiger partial charge in [0.2, 0.25) is 0 Å². The molecule has 4 heteroatoms. The highest BCUT2D eigenvalue weighted by Gasteiger charge is 2.32. The Morgan fingerprint density at radius 2 is 2.04 bits per heavy atom. The molecule has 0 spiro atoms. The number of hydrogen-bond acceptors (Lipinski definition) is 3. The Labute approximate surface area is 137 Å². The zero-order valence-corrected chi connectivity index (χ0v) is 13.4. The lowest BCUT2D eigenvalue weighted by Crippen LogP contribution is -2.23. The van der Waals surface area contributed by atoms with Gasteiger partial charge in [0.25, 0.3) is 0 Å². The molecule has 0 bridgehead atoms. The Hall–Kier alpha value is -1.65. The Balaban J connectivity index is 1.69. The minimum atomic E-state index is -0.254. The molecule has 2 aliphatic rings. The van der Waals surface area contributed by atoms with E-state index in [0.29, 0.717) is 18.4 Å². The van der Waals surface area contributed by atoms with Gasteiger partial charge in [0.05, 0.1) is 37.0 Å². The lowest BCUT2D eigenvalue weighted by molar-refractivity contribution is 0.0764. The summed E-state index contributed by atoms with van der Waals surface area (Å²) in [6.07, 6.45) is 6.18. The zero-order valence-electron chi connectivity index (χ0n) is 13.4. The van der Waals surface area contributed by atoms with E-state index in [4.69, 9.17) is 9.72 Å². The molecule has 1 aliphatic carbocycles. The van der Waals surface area contributed by atoms with Crippen molar-refractivity contribution in [2.24, 2.45) is 5.92 Å². The Bertz CT molecular complexity index is 643. The molecule has 4 rings (SSSR count). The Kier molecular flexibility index (Phi) is 4.19. The van der Waals surface area contributed by atoms with Gasteiger partial charge in [0.1, 0.15) is 0 Å². The molecule has 2 unspecified atom stereocenters. The molecule has 2 atom stereocenters. The summed E-state index contributed by atoms with van der Waals surface area (Å²) < 4.78 is 7.88. The first-order valence-electron chi connectivity index (χ1n) is 8.69. The highest BCUT2D eigenvalue weighted by atomic mass is 16.5. The van der Waals surface area contributed by atoms with Crippen LogP contribution >= 0.6 is 0 Å². The predicted octanol–water partition coefficient (Wildman–Crippen LogP) is 3.22. The highest BCUT2D eigenvalue weighted by molar-refractivity contribution is 5.62. The summed E-state index contributed by atoms with van der Waals surface area (Å²) in [5.74, 6) is 0.848. The van der Waals surface area contributed by atoms with Crippen molar-refractivity contribution in [3.05, 3.63) is 42.4 Å². The first-order valence-corrected chi connectivity index (χ1v) is 8.69. The third-order valence-corrected chi connectivity index (χ3v) is 5.02. The molecule has 1 saturated carbocycles. The lowest BCUT2D eigenvalue weighted by atomic mass is 9.94. The number of aliphatic hydroxyl groups excluding tert-OH is 1. The second kappa shape index (κ2) is 6.46. The van der Waals surface area contributed by atoms with E-state index >= 15 is 0 Å². The maximum Gasteiger partial charge on any atom is 0.0957 e. The number of hydrogen-bond donors (Lipinski definition) is 1. The number of imidazole rings is 1. The monoisotopic (exact) mass is 312 g/mol. The summed E-state index contributed by atoms with van der Waals surface area (Å²) in [5, 5.41) is 10.4. The summed E-state index contributed by atoms with van der Waals surface area (Å²) >= 11 is 0. The first kappa shape index (κ1) is 14.9. The summed E-state index contributed by atoms with van der Waals surface area (Å²) in [7, 11) is 0. The molecule has 1 aromatic heterocycles. The maximum absolute atomic E-state index is 10.4. The van der Waals surface area contributed by atoms with Crippen LogP contribution in [0.15, 0.2) is 36.7 Å². The van der Waals surface area contributed by atoms with Gasteiger partial charge in [0.15, 0.2) is 0 Å². The molecule has 0 amide bonds. The average Bonchev–Trinajstić information content (AvgIpc) is 3.38. The van der Waals surface area contributed by atoms with E-state index in [0.717, 1.165) is 50.2 Å². The predicted molar refractivity (Wildman–Crippen MR) is 89.2 cm³/mol. The summed E-state index contributed by atoms with van der Waals surface area (Å²) in [6, 6.07) is 10.3. The standard InChI is InChI=1S/C19H24N2O2/c22-17(14-8-9-14)11-21-13-20-18(15-5-2-1-3-6-15)19(21)16-7-4-10-23-12-16/h1-3,5-6,13-14,16-17,22H,4,7-12H2. The third-order valence-electron chi connectivity index (χ3n) is 5.02. The van der Waals surface area contributed by atoms with Crippen molar-refractivity contribution in [2.75, 3.05) is 13.2 Å². The van der Waals surface area contributed by atoms with Crippen molar-refractivity contribution >= 4 is 0 Å². The second-order valence-electron chi connectivity index (χ2n) is 6.82. The molecular formula is C19H24N2O2. The number of aliphatic hydroxyl groups is 1. The fourth-order valence-electron chi connectivity index (χ4n) is 3.57. The molecular weight excluding hydrogens is 288 g/mol. The highest BCUT2D eigenvalue weighted by Crippen LogP contribution is 2.36. The van der Waals surface area contributed by atoms with E-state index in [1.54, 1.807) is 0 Å². The minimum absolute atomic E-state index is 0.254. The van der Waals surface area contributed by atoms with Crippen LogP contribution in [0.4, 0.5) is 0 Å². The molecule has 2 aromatic rings. The molecule has 1 N–H and O–H groups in total. The van der Waals surface area contributed by atoms with E-state index in [-0.39, 0.29) is 6.10 Å². The molecule has 2 fully saturated rings. The van der Waals surface area contributed by atoms with Crippen LogP contribution in [0.2, 0.25) is 0 Å². The van der Waals surface area contributed by atoms with E-state index < -0.39 is 0 Å². The van der Waals surface area contributed by atoms with Crippen LogP contribution in [-0.4, -0.2) is 34.0 Å². The lowest BCUT2D eigenvalue weighted by Gasteiger charge is -2.25. The van der Waals surface area contributed by atoms with Gasteiger partial charge in [0, 0.05) is 18.1 Å². The molecule has 2 heterocycles. The van der Waals surface area contributed by atoms with Gasteiger partial charge in [-0.15, -0.1) is 0 Å². The van der Waals surface area contributed by atoms with Crippen molar-refractivity contribution in [3.63, 3.8) is 0 Å². The molecule has 0 radical (unpaired) electrons. The van der Waals surface area contributed by atoms with Crippen LogP contribution in [0, 0.1) is 5.92 Å². The Morgan fingerprint density at radius 1 is 1.22 bits per heavy atom. The number of ether oxygens (including phenoxy) is 1. The quantitative estimate of drug-likeness (QED) is 0.922.